The SMILES string of the molecule is CCCCCCCCCCCCCCCC(=O)C[C@@H](CS)C(=O)N[C@@H](CO)C(=O)C[C@@H](CCCCN)C(=O)N[C@@H](CCCCN)C(=O)C[C@@H](CCCCN)C(=O)N[C@@H](CCCCN)C(=O)O. The summed E-state index contributed by atoms with van der Waals surface area (Å²) in [5.74, 6) is -6.53. The molecule has 0 aromatic heterocycles. The monoisotopic (exact) mass is 956 g/mol. The Balaban J connectivity index is 5.65. The normalized spacial score (nSPS) is 14.1. The van der Waals surface area contributed by atoms with Gasteiger partial charge in [0.05, 0.1) is 18.6 Å². The number of nitrogens with two attached hydrogens (primary N) is 4. The number of hydrogen-bond donors (Lipinski definition) is 10. The highest BCUT2D eigenvalue weighted by Gasteiger charge is 2.33. The van der Waals surface area contributed by atoms with Crippen LogP contribution in [-0.2, 0) is 33.6 Å². The number of aliphatic carboxylic acids is 1. The molecule has 0 aromatic rings. The predicted octanol–water partition coefficient (Wildman–Crippen LogP) is 5.17. The van der Waals surface area contributed by atoms with E-state index in [0.717, 1.165) is 25.7 Å². The Morgan fingerprint density at radius 3 is 1.23 bits per heavy atom. The molecule has 0 saturated heterocycles. The number of hydrogen-bond acceptors (Lipinski definition) is 13. The van der Waals surface area contributed by atoms with Crippen molar-refractivity contribution >= 4 is 53.7 Å². The fourth-order valence-electron chi connectivity index (χ4n) is 8.10. The van der Waals surface area contributed by atoms with Crippen molar-refractivity contribution in [1.82, 2.24) is 16.0 Å². The lowest BCUT2D eigenvalue weighted by Crippen LogP contribution is -2.49. The van der Waals surface area contributed by atoms with E-state index >= 15 is 0 Å². The molecule has 0 bridgehead atoms. The highest BCUT2D eigenvalue weighted by Crippen LogP contribution is 2.21. The van der Waals surface area contributed by atoms with E-state index in [0.29, 0.717) is 84.0 Å². The van der Waals surface area contributed by atoms with Gasteiger partial charge >= 0.3 is 5.97 Å². The second-order valence-electron chi connectivity index (χ2n) is 18.2. The van der Waals surface area contributed by atoms with Crippen LogP contribution in [0.3, 0.4) is 0 Å². The van der Waals surface area contributed by atoms with E-state index in [4.69, 9.17) is 22.9 Å². The Morgan fingerprint density at radius 2 is 0.818 bits per heavy atom. The number of amides is 3. The first-order valence-corrected chi connectivity index (χ1v) is 26.2. The van der Waals surface area contributed by atoms with Crippen molar-refractivity contribution in [2.45, 2.75) is 211 Å². The van der Waals surface area contributed by atoms with Gasteiger partial charge in [0.2, 0.25) is 17.7 Å². The smallest absolute Gasteiger partial charge is 0.326 e. The first-order chi connectivity index (χ1) is 31.8. The number of ketones is 3. The van der Waals surface area contributed by atoms with Crippen molar-refractivity contribution in [1.29, 1.82) is 0 Å². The van der Waals surface area contributed by atoms with E-state index in [-0.39, 0.29) is 56.5 Å². The van der Waals surface area contributed by atoms with Crippen LogP contribution in [0.5, 0.6) is 0 Å². The second kappa shape index (κ2) is 42.2. The average molecular weight is 956 g/mol. The maximum atomic E-state index is 14.0. The van der Waals surface area contributed by atoms with E-state index in [9.17, 15) is 43.8 Å². The van der Waals surface area contributed by atoms with Crippen molar-refractivity contribution < 1.29 is 43.8 Å². The van der Waals surface area contributed by atoms with Gasteiger partial charge in [0.1, 0.15) is 17.9 Å². The highest BCUT2D eigenvalue weighted by atomic mass is 32.1. The second-order valence-corrected chi connectivity index (χ2v) is 18.6. The van der Waals surface area contributed by atoms with Gasteiger partial charge in [-0.2, -0.15) is 12.6 Å². The summed E-state index contributed by atoms with van der Waals surface area (Å²) in [5.41, 5.74) is 22.7. The van der Waals surface area contributed by atoms with Crippen LogP contribution in [0.1, 0.15) is 193 Å². The Bertz CT molecular complexity index is 1340. The molecule has 0 rings (SSSR count). The Morgan fingerprint density at radius 1 is 0.455 bits per heavy atom. The molecule has 66 heavy (non-hydrogen) atoms. The molecule has 0 aromatic carbocycles. The molecule has 13 N–H and O–H groups in total. The molecule has 0 aliphatic carbocycles. The molecule has 0 fully saturated rings. The average Bonchev–Trinajstić information content (AvgIpc) is 3.29. The summed E-state index contributed by atoms with van der Waals surface area (Å²) in [6.45, 7) is 2.97. The molecule has 3 amide bonds. The van der Waals surface area contributed by atoms with Gasteiger partial charge in [-0.25, -0.2) is 4.79 Å². The number of carbonyl (C=O) groups excluding carboxylic acids is 6. The van der Waals surface area contributed by atoms with Gasteiger partial charge in [-0.1, -0.05) is 96.8 Å². The fraction of sp³-hybridized carbons (Fsp3) is 0.857. The van der Waals surface area contributed by atoms with E-state index < -0.39 is 77.7 Å². The molecule has 0 saturated carbocycles. The molecule has 0 radical (unpaired) electrons. The summed E-state index contributed by atoms with van der Waals surface area (Å²) in [4.78, 5) is 93.4. The molecular weight excluding hydrogens is 863 g/mol. The molecule has 384 valence electrons. The standard InChI is InChI=1S/C49H93N7O9S/c1-2-3-4-5-6-7-8-9-10-11-12-13-14-25-40(58)32-39(36-66)48(63)56-43(35-57)45(60)34-38(24-16-20-29-51)46(61)54-41(26-17-21-30-52)44(59)33-37(23-15-19-28-50)47(62)55-42(49(64)65)27-18-22-31-53/h37-39,41-43,57,66H,2-36,50-53H2,1H3,(H,54,61)(H,55,62)(H,56,63)(H,64,65)/t37-,38-,39+,41+,42+,43+/m1/s1. The molecular formula is C49H93N7O9S. The van der Waals surface area contributed by atoms with E-state index in [1.165, 1.54) is 57.8 Å². The number of aliphatic hydroxyl groups excluding tert-OH is 1. The summed E-state index contributed by atoms with van der Waals surface area (Å²) in [6, 6.07) is -3.51. The van der Waals surface area contributed by atoms with Crippen molar-refractivity contribution in [2.75, 3.05) is 38.5 Å². The lowest BCUT2D eigenvalue weighted by Gasteiger charge is -2.25. The Hall–Kier alpha value is -2.96. The third-order valence-corrected chi connectivity index (χ3v) is 12.8. The third kappa shape index (κ3) is 31.2. The largest absolute Gasteiger partial charge is 0.480 e. The van der Waals surface area contributed by atoms with Crippen LogP contribution in [-0.4, -0.2) is 108 Å². The minimum absolute atomic E-state index is 0.0336. The van der Waals surface area contributed by atoms with Crippen LogP contribution < -0.4 is 38.9 Å². The number of carbonyl (C=O) groups is 7. The maximum absolute atomic E-state index is 14.0. The number of rotatable bonds is 47. The number of nitrogens with one attached hydrogen (secondary N) is 3. The van der Waals surface area contributed by atoms with Crippen molar-refractivity contribution in [2.24, 2.45) is 40.7 Å². The predicted molar refractivity (Wildman–Crippen MR) is 266 cm³/mol. The Labute approximate surface area is 402 Å². The summed E-state index contributed by atoms with van der Waals surface area (Å²) in [7, 11) is 0. The van der Waals surface area contributed by atoms with Gasteiger partial charge in [-0.3, -0.25) is 28.8 Å². The molecule has 6 atom stereocenters. The molecule has 17 heteroatoms. The number of Topliss-reactive ketones (excluding diaryl/α,β-unsaturated/α-hetero) is 3. The van der Waals surface area contributed by atoms with E-state index in [1.807, 2.05) is 0 Å². The zero-order valence-electron chi connectivity index (χ0n) is 40.7. The van der Waals surface area contributed by atoms with Crippen molar-refractivity contribution in [3.05, 3.63) is 0 Å². The van der Waals surface area contributed by atoms with Gasteiger partial charge in [0.25, 0.3) is 0 Å². The van der Waals surface area contributed by atoms with E-state index in [2.05, 4.69) is 35.5 Å². The first-order valence-electron chi connectivity index (χ1n) is 25.6. The lowest BCUT2D eigenvalue weighted by atomic mass is 9.89. The number of aliphatic hydroxyl groups is 1. The fourth-order valence-corrected chi connectivity index (χ4v) is 8.40. The van der Waals surface area contributed by atoms with Crippen LogP contribution in [0, 0.1) is 17.8 Å². The van der Waals surface area contributed by atoms with Gasteiger partial charge in [0.15, 0.2) is 11.6 Å². The van der Waals surface area contributed by atoms with Crippen molar-refractivity contribution in [3.63, 3.8) is 0 Å². The third-order valence-electron chi connectivity index (χ3n) is 12.4. The maximum Gasteiger partial charge on any atom is 0.326 e. The lowest BCUT2D eigenvalue weighted by molar-refractivity contribution is -0.143. The molecule has 0 spiro atoms. The first kappa shape index (κ1) is 63.0. The quantitative estimate of drug-likeness (QED) is 0.0279. The minimum Gasteiger partial charge on any atom is -0.480 e. The minimum atomic E-state index is -1.33. The zero-order valence-corrected chi connectivity index (χ0v) is 41.6. The number of carboxylic acid groups (broad SMARTS) is 1. The van der Waals surface area contributed by atoms with E-state index in [1.54, 1.807) is 0 Å². The number of unbranched alkanes of at least 4 members (excludes halogenated alkanes) is 16. The molecule has 0 heterocycles. The van der Waals surface area contributed by atoms with Crippen LogP contribution in [0.4, 0.5) is 0 Å². The topological polar surface area (TPSA) is 300 Å². The summed E-state index contributed by atoms with van der Waals surface area (Å²) >= 11 is 4.31. The molecule has 0 aliphatic heterocycles. The molecule has 0 aliphatic rings. The number of carboxylic acids is 1. The van der Waals surface area contributed by atoms with Gasteiger partial charge in [-0.05, 0) is 96.8 Å². The van der Waals surface area contributed by atoms with Gasteiger partial charge in [0, 0.05) is 43.3 Å². The highest BCUT2D eigenvalue weighted by molar-refractivity contribution is 7.80. The summed E-state index contributed by atoms with van der Waals surface area (Å²) in [6.07, 6.45) is 20.5. The zero-order chi connectivity index (χ0) is 49.4. The van der Waals surface area contributed by atoms with Crippen molar-refractivity contribution in [3.8, 4) is 0 Å². The summed E-state index contributed by atoms with van der Waals surface area (Å²) in [5, 5.41) is 28.0. The van der Waals surface area contributed by atoms with Gasteiger partial charge in [-0.15, -0.1) is 0 Å². The Kier molecular flexibility index (Phi) is 40.3. The van der Waals surface area contributed by atoms with Crippen LogP contribution in [0.25, 0.3) is 0 Å². The van der Waals surface area contributed by atoms with Crippen LogP contribution in [0.2, 0.25) is 0 Å². The van der Waals surface area contributed by atoms with Crippen LogP contribution >= 0.6 is 12.6 Å². The molecule has 16 nitrogen and oxygen atoms in total. The number of thiol groups is 1. The molecule has 0 unspecified atom stereocenters. The van der Waals surface area contributed by atoms with Gasteiger partial charge < -0.3 is 49.1 Å². The van der Waals surface area contributed by atoms with Crippen LogP contribution in [0.15, 0.2) is 0 Å². The summed E-state index contributed by atoms with van der Waals surface area (Å²) < 4.78 is 0.